The van der Waals surface area contributed by atoms with Gasteiger partial charge >= 0.3 is 5.97 Å². The molecule has 0 atom stereocenters. The second-order valence-electron chi connectivity index (χ2n) is 3.95. The molecule has 0 unspecified atom stereocenters. The molecule has 2 aromatic rings. The Balaban J connectivity index is 1.84. The molecule has 5 heteroatoms. The van der Waals surface area contributed by atoms with E-state index in [4.69, 9.17) is 26.2 Å². The van der Waals surface area contributed by atoms with Gasteiger partial charge in [-0.15, -0.1) is 0 Å². The molecule has 0 bridgehead atoms. The Kier molecular flexibility index (Phi) is 4.85. The lowest BCUT2D eigenvalue weighted by atomic mass is 10.2. The Bertz CT molecular complexity index is 581. The van der Waals surface area contributed by atoms with Gasteiger partial charge in [0.05, 0.1) is 0 Å². The molecule has 0 aliphatic heterocycles. The van der Waals surface area contributed by atoms with Crippen LogP contribution in [0.3, 0.4) is 0 Å². The van der Waals surface area contributed by atoms with Crippen LogP contribution in [0, 0.1) is 0 Å². The van der Waals surface area contributed by atoms with E-state index in [2.05, 4.69) is 0 Å². The molecule has 0 fully saturated rings. The van der Waals surface area contributed by atoms with E-state index >= 15 is 0 Å². The number of para-hydroxylation sites is 1. The van der Waals surface area contributed by atoms with Gasteiger partial charge in [0.25, 0.3) is 0 Å². The van der Waals surface area contributed by atoms with Crippen molar-refractivity contribution in [2.45, 2.75) is 0 Å². The summed E-state index contributed by atoms with van der Waals surface area (Å²) in [6.45, 7) is 0.572. The minimum absolute atomic E-state index is 0.138. The van der Waals surface area contributed by atoms with Gasteiger partial charge in [0, 0.05) is 5.02 Å². The van der Waals surface area contributed by atoms with Crippen molar-refractivity contribution in [3.05, 3.63) is 59.1 Å². The van der Waals surface area contributed by atoms with Crippen LogP contribution in [0.25, 0.3) is 0 Å². The number of rotatable bonds is 6. The molecular formula is C15H13ClO4. The molecule has 1 N–H and O–H groups in total. The first-order valence-electron chi connectivity index (χ1n) is 6.00. The van der Waals surface area contributed by atoms with Crippen LogP contribution in [-0.2, 0) is 0 Å². The number of ether oxygens (including phenoxy) is 2. The maximum absolute atomic E-state index is 11.0. The Hall–Kier alpha value is -2.20. The van der Waals surface area contributed by atoms with Crippen molar-refractivity contribution < 1.29 is 19.4 Å². The van der Waals surface area contributed by atoms with Crippen molar-refractivity contribution in [2.24, 2.45) is 0 Å². The predicted octanol–water partition coefficient (Wildman–Crippen LogP) is 3.50. The predicted molar refractivity (Wildman–Crippen MR) is 75.8 cm³/mol. The first-order valence-corrected chi connectivity index (χ1v) is 6.38. The van der Waals surface area contributed by atoms with Gasteiger partial charge in [0.1, 0.15) is 30.3 Å². The number of hydrogen-bond acceptors (Lipinski definition) is 3. The monoisotopic (exact) mass is 292 g/mol. The third-order valence-corrected chi connectivity index (χ3v) is 2.79. The smallest absolute Gasteiger partial charge is 0.339 e. The molecule has 0 saturated heterocycles. The second kappa shape index (κ2) is 6.82. The number of benzene rings is 2. The van der Waals surface area contributed by atoms with Crippen molar-refractivity contribution >= 4 is 17.6 Å². The van der Waals surface area contributed by atoms with Gasteiger partial charge in [-0.1, -0.05) is 23.7 Å². The largest absolute Gasteiger partial charge is 0.490 e. The van der Waals surface area contributed by atoms with Crippen LogP contribution >= 0.6 is 11.6 Å². The van der Waals surface area contributed by atoms with E-state index in [9.17, 15) is 4.79 Å². The highest BCUT2D eigenvalue weighted by Gasteiger charge is 2.09. The number of carboxylic acid groups (broad SMARTS) is 1. The Morgan fingerprint density at radius 1 is 1.00 bits per heavy atom. The molecule has 0 aliphatic rings. The normalized spacial score (nSPS) is 10.1. The minimum Gasteiger partial charge on any atom is -0.490 e. The highest BCUT2D eigenvalue weighted by molar-refractivity contribution is 6.30. The SMILES string of the molecule is O=C(O)c1ccccc1OCCOc1ccc(Cl)cc1. The van der Waals surface area contributed by atoms with E-state index in [-0.39, 0.29) is 12.2 Å². The lowest BCUT2D eigenvalue weighted by molar-refractivity contribution is 0.0691. The Morgan fingerprint density at radius 2 is 1.65 bits per heavy atom. The van der Waals surface area contributed by atoms with Gasteiger partial charge in [-0.3, -0.25) is 0 Å². The molecule has 0 aromatic heterocycles. The topological polar surface area (TPSA) is 55.8 Å². The van der Waals surface area contributed by atoms with Gasteiger partial charge in [-0.25, -0.2) is 4.79 Å². The summed E-state index contributed by atoms with van der Waals surface area (Å²) in [4.78, 5) is 11.0. The van der Waals surface area contributed by atoms with Crippen molar-refractivity contribution in [1.82, 2.24) is 0 Å². The zero-order valence-electron chi connectivity index (χ0n) is 10.6. The number of hydrogen-bond donors (Lipinski definition) is 1. The molecular weight excluding hydrogens is 280 g/mol. The van der Waals surface area contributed by atoms with Gasteiger partial charge in [-0.2, -0.15) is 0 Å². The maximum Gasteiger partial charge on any atom is 0.339 e. The van der Waals surface area contributed by atoms with Crippen LogP contribution in [0.15, 0.2) is 48.5 Å². The summed E-state index contributed by atoms with van der Waals surface area (Å²) >= 11 is 5.76. The molecule has 2 rings (SSSR count). The molecule has 0 amide bonds. The Morgan fingerprint density at radius 3 is 2.35 bits per heavy atom. The molecule has 0 radical (unpaired) electrons. The van der Waals surface area contributed by atoms with E-state index in [0.29, 0.717) is 23.1 Å². The van der Waals surface area contributed by atoms with E-state index in [0.717, 1.165) is 0 Å². The summed E-state index contributed by atoms with van der Waals surface area (Å²) in [6.07, 6.45) is 0. The fourth-order valence-electron chi connectivity index (χ4n) is 1.61. The Labute approximate surface area is 121 Å². The number of carbonyl (C=O) groups is 1. The molecule has 0 heterocycles. The van der Waals surface area contributed by atoms with Crippen LogP contribution in [0.4, 0.5) is 0 Å². The quantitative estimate of drug-likeness (QED) is 0.828. The van der Waals surface area contributed by atoms with E-state index in [1.54, 1.807) is 42.5 Å². The van der Waals surface area contributed by atoms with E-state index in [1.807, 2.05) is 0 Å². The molecule has 0 aliphatic carbocycles. The van der Waals surface area contributed by atoms with Crippen molar-refractivity contribution in [3.8, 4) is 11.5 Å². The van der Waals surface area contributed by atoms with Gasteiger partial charge in [0.2, 0.25) is 0 Å². The first kappa shape index (κ1) is 14.2. The fourth-order valence-corrected chi connectivity index (χ4v) is 1.74. The lowest BCUT2D eigenvalue weighted by Crippen LogP contribution is -2.11. The number of aromatic carboxylic acids is 1. The number of carboxylic acids is 1. The fraction of sp³-hybridized carbons (Fsp3) is 0.133. The molecule has 104 valence electrons. The highest BCUT2D eigenvalue weighted by atomic mass is 35.5. The molecule has 20 heavy (non-hydrogen) atoms. The highest BCUT2D eigenvalue weighted by Crippen LogP contribution is 2.18. The second-order valence-corrected chi connectivity index (χ2v) is 4.39. The zero-order valence-corrected chi connectivity index (χ0v) is 11.3. The summed E-state index contributed by atoms with van der Waals surface area (Å²) < 4.78 is 10.9. The number of halogens is 1. The lowest BCUT2D eigenvalue weighted by Gasteiger charge is -2.10. The van der Waals surface area contributed by atoms with Crippen molar-refractivity contribution in [3.63, 3.8) is 0 Å². The third-order valence-electron chi connectivity index (χ3n) is 2.54. The summed E-state index contributed by atoms with van der Waals surface area (Å²) in [5.74, 6) is 0.00319. The maximum atomic E-state index is 11.0. The molecule has 4 nitrogen and oxygen atoms in total. The van der Waals surface area contributed by atoms with Crippen LogP contribution in [-0.4, -0.2) is 24.3 Å². The van der Waals surface area contributed by atoms with Gasteiger partial charge < -0.3 is 14.6 Å². The third kappa shape index (κ3) is 3.90. The average molecular weight is 293 g/mol. The average Bonchev–Trinajstić information content (AvgIpc) is 2.46. The van der Waals surface area contributed by atoms with Crippen molar-refractivity contribution in [2.75, 3.05) is 13.2 Å². The van der Waals surface area contributed by atoms with E-state index < -0.39 is 5.97 Å². The minimum atomic E-state index is -1.01. The zero-order chi connectivity index (χ0) is 14.4. The molecule has 0 saturated carbocycles. The van der Waals surface area contributed by atoms with Crippen LogP contribution < -0.4 is 9.47 Å². The van der Waals surface area contributed by atoms with E-state index in [1.165, 1.54) is 6.07 Å². The molecule has 0 spiro atoms. The van der Waals surface area contributed by atoms with Gasteiger partial charge in [0.15, 0.2) is 0 Å². The summed E-state index contributed by atoms with van der Waals surface area (Å²) in [5.41, 5.74) is 0.138. The standard InChI is InChI=1S/C15H13ClO4/c16-11-5-7-12(8-6-11)19-9-10-20-14-4-2-1-3-13(14)15(17)18/h1-8H,9-10H2,(H,17,18). The molecule has 2 aromatic carbocycles. The summed E-state index contributed by atoms with van der Waals surface area (Å²) in [5, 5.41) is 9.65. The summed E-state index contributed by atoms with van der Waals surface area (Å²) in [6, 6.07) is 13.5. The first-order chi connectivity index (χ1) is 9.66. The van der Waals surface area contributed by atoms with Crippen molar-refractivity contribution in [1.29, 1.82) is 0 Å². The van der Waals surface area contributed by atoms with Crippen LogP contribution in [0.1, 0.15) is 10.4 Å². The summed E-state index contributed by atoms with van der Waals surface area (Å²) in [7, 11) is 0. The van der Waals surface area contributed by atoms with Crippen LogP contribution in [0.5, 0.6) is 11.5 Å². The van der Waals surface area contributed by atoms with Gasteiger partial charge in [-0.05, 0) is 36.4 Å². The van der Waals surface area contributed by atoms with Crippen LogP contribution in [0.2, 0.25) is 5.02 Å².